The van der Waals surface area contributed by atoms with Gasteiger partial charge in [-0.3, -0.25) is 0 Å². The lowest BCUT2D eigenvalue weighted by Crippen LogP contribution is -2.08. The van der Waals surface area contributed by atoms with Crippen molar-refractivity contribution in [3.63, 3.8) is 0 Å². The summed E-state index contributed by atoms with van der Waals surface area (Å²) >= 11 is 0. The van der Waals surface area contributed by atoms with Crippen LogP contribution in [0.4, 0.5) is 26.3 Å². The van der Waals surface area contributed by atoms with E-state index in [9.17, 15) is 41.4 Å². The van der Waals surface area contributed by atoms with Crippen molar-refractivity contribution >= 4 is 16.9 Å². The summed E-state index contributed by atoms with van der Waals surface area (Å²) in [7, 11) is 1.42. The number of fused-ring (bicyclic) bond motifs is 1. The molecule has 2 N–H and O–H groups in total. The van der Waals surface area contributed by atoms with Gasteiger partial charge in [-0.2, -0.15) is 26.3 Å². The van der Waals surface area contributed by atoms with E-state index in [4.69, 9.17) is 0 Å². The number of carboxylic acid groups (broad SMARTS) is 1. The van der Waals surface area contributed by atoms with Crippen LogP contribution in [0.15, 0.2) is 60.7 Å². The maximum absolute atomic E-state index is 13.8. The Labute approximate surface area is 200 Å². The van der Waals surface area contributed by atoms with Gasteiger partial charge < -0.3 is 14.8 Å². The average Bonchev–Trinajstić information content (AvgIpc) is 3.06. The number of aromatic hydroxyl groups is 1. The fourth-order valence-electron chi connectivity index (χ4n) is 3.93. The molecule has 0 aliphatic rings. The van der Waals surface area contributed by atoms with Gasteiger partial charge in [0.2, 0.25) is 0 Å². The highest BCUT2D eigenvalue weighted by atomic mass is 19.4. The summed E-state index contributed by atoms with van der Waals surface area (Å²) in [5, 5.41) is 19.7. The summed E-state index contributed by atoms with van der Waals surface area (Å²) in [5.74, 6) is 3.12. The third kappa shape index (κ3) is 4.47. The first-order valence-electron chi connectivity index (χ1n) is 10.2. The van der Waals surface area contributed by atoms with Gasteiger partial charge in [0.15, 0.2) is 0 Å². The Morgan fingerprint density at radius 2 is 1.58 bits per heavy atom. The molecule has 4 nitrogen and oxygen atoms in total. The number of aromatic nitrogens is 1. The second-order valence-electron chi connectivity index (χ2n) is 7.85. The van der Waals surface area contributed by atoms with Crippen molar-refractivity contribution in [2.24, 2.45) is 7.05 Å². The maximum Gasteiger partial charge on any atom is 0.417 e. The second-order valence-corrected chi connectivity index (χ2v) is 7.85. The van der Waals surface area contributed by atoms with Crippen LogP contribution in [0.5, 0.6) is 5.75 Å². The molecule has 4 aromatic rings. The SMILES string of the molecule is Cn1c(-c2ccccc2C(F)(F)F)c(C#Cc2cccc(C(F)(F)F)c2)c2cc(C(=O)O)c(O)cc21. The zero-order valence-electron chi connectivity index (χ0n) is 18.3. The topological polar surface area (TPSA) is 62.5 Å². The molecule has 184 valence electrons. The van der Waals surface area contributed by atoms with E-state index in [1.54, 1.807) is 0 Å². The predicted octanol–water partition coefficient (Wildman–Crippen LogP) is 6.69. The van der Waals surface area contributed by atoms with Gasteiger partial charge in [0.1, 0.15) is 11.3 Å². The number of halogens is 6. The zero-order valence-corrected chi connectivity index (χ0v) is 18.3. The molecule has 36 heavy (non-hydrogen) atoms. The van der Waals surface area contributed by atoms with Gasteiger partial charge in [-0.25, -0.2) is 4.79 Å². The van der Waals surface area contributed by atoms with Crippen LogP contribution in [0.3, 0.4) is 0 Å². The predicted molar refractivity (Wildman–Crippen MR) is 119 cm³/mol. The van der Waals surface area contributed by atoms with Crippen molar-refractivity contribution in [2.45, 2.75) is 12.4 Å². The van der Waals surface area contributed by atoms with E-state index in [0.717, 1.165) is 36.4 Å². The van der Waals surface area contributed by atoms with Gasteiger partial charge in [0, 0.05) is 29.6 Å². The number of phenols is 1. The van der Waals surface area contributed by atoms with Gasteiger partial charge >= 0.3 is 18.3 Å². The second kappa shape index (κ2) is 8.68. The Morgan fingerprint density at radius 3 is 2.22 bits per heavy atom. The zero-order chi connectivity index (χ0) is 26.4. The Morgan fingerprint density at radius 1 is 0.889 bits per heavy atom. The highest BCUT2D eigenvalue weighted by Gasteiger charge is 2.35. The highest BCUT2D eigenvalue weighted by Crippen LogP contribution is 2.42. The number of carbonyl (C=O) groups is 1. The minimum atomic E-state index is -4.74. The summed E-state index contributed by atoms with van der Waals surface area (Å²) in [4.78, 5) is 11.6. The highest BCUT2D eigenvalue weighted by molar-refractivity contribution is 6.02. The molecule has 10 heteroatoms. The van der Waals surface area contributed by atoms with E-state index in [0.29, 0.717) is 0 Å². The number of rotatable bonds is 2. The third-order valence-electron chi connectivity index (χ3n) is 5.56. The third-order valence-corrected chi connectivity index (χ3v) is 5.56. The normalized spacial score (nSPS) is 11.9. The lowest BCUT2D eigenvalue weighted by molar-refractivity contribution is -0.138. The fraction of sp³-hybridized carbons (Fsp3) is 0.115. The minimum Gasteiger partial charge on any atom is -0.507 e. The molecule has 0 saturated carbocycles. The first-order chi connectivity index (χ1) is 16.8. The number of alkyl halides is 6. The summed E-state index contributed by atoms with van der Waals surface area (Å²) in [6, 6.07) is 11.0. The number of hydrogen-bond donors (Lipinski definition) is 2. The molecule has 0 atom stereocenters. The van der Waals surface area contributed by atoms with E-state index in [2.05, 4.69) is 11.8 Å². The molecule has 0 saturated heterocycles. The molecule has 0 amide bonds. The van der Waals surface area contributed by atoms with Gasteiger partial charge in [-0.15, -0.1) is 0 Å². The summed E-state index contributed by atoms with van der Waals surface area (Å²) in [5.41, 5.74) is -2.66. The van der Waals surface area contributed by atoms with E-state index >= 15 is 0 Å². The lowest BCUT2D eigenvalue weighted by Gasteiger charge is -2.14. The van der Waals surface area contributed by atoms with E-state index in [-0.39, 0.29) is 33.3 Å². The van der Waals surface area contributed by atoms with Crippen LogP contribution in [0.1, 0.15) is 32.6 Å². The summed E-state index contributed by atoms with van der Waals surface area (Å²) in [6.07, 6.45) is -9.37. The number of benzene rings is 3. The van der Waals surface area contributed by atoms with Crippen molar-refractivity contribution in [2.75, 3.05) is 0 Å². The van der Waals surface area contributed by atoms with Crippen LogP contribution >= 0.6 is 0 Å². The van der Waals surface area contributed by atoms with Gasteiger partial charge in [-0.1, -0.05) is 36.1 Å². The number of aromatic carboxylic acids is 1. The molecular weight excluding hydrogens is 488 g/mol. The van der Waals surface area contributed by atoms with Crippen molar-refractivity contribution in [1.29, 1.82) is 0 Å². The molecule has 3 aromatic carbocycles. The molecule has 1 heterocycles. The number of nitrogens with zero attached hydrogens (tertiary/aromatic N) is 1. The molecule has 0 unspecified atom stereocenters. The van der Waals surface area contributed by atoms with Crippen LogP contribution in [-0.2, 0) is 19.4 Å². The monoisotopic (exact) mass is 503 g/mol. The van der Waals surface area contributed by atoms with Crippen molar-refractivity contribution in [1.82, 2.24) is 4.57 Å². The van der Waals surface area contributed by atoms with Crippen molar-refractivity contribution in [3.05, 3.63) is 88.5 Å². The Kier molecular flexibility index (Phi) is 5.96. The largest absolute Gasteiger partial charge is 0.507 e. The molecule has 1 aromatic heterocycles. The molecule has 0 aliphatic heterocycles. The Balaban J connectivity index is 2.07. The summed E-state index contributed by atoms with van der Waals surface area (Å²) in [6.45, 7) is 0. The van der Waals surface area contributed by atoms with Crippen LogP contribution in [0, 0.1) is 11.8 Å². The van der Waals surface area contributed by atoms with Crippen LogP contribution < -0.4 is 0 Å². The smallest absolute Gasteiger partial charge is 0.417 e. The summed E-state index contributed by atoms with van der Waals surface area (Å²) < 4.78 is 82.1. The van der Waals surface area contributed by atoms with Crippen LogP contribution in [0.25, 0.3) is 22.2 Å². The first-order valence-corrected chi connectivity index (χ1v) is 10.2. The first kappa shape index (κ1) is 24.7. The van der Waals surface area contributed by atoms with E-state index in [1.807, 2.05) is 0 Å². The molecule has 0 aliphatic carbocycles. The molecule has 0 radical (unpaired) electrons. The van der Waals surface area contributed by atoms with Crippen LogP contribution in [-0.4, -0.2) is 20.7 Å². The van der Waals surface area contributed by atoms with E-state index < -0.39 is 40.8 Å². The fourth-order valence-corrected chi connectivity index (χ4v) is 3.93. The molecule has 0 fully saturated rings. The Bertz CT molecular complexity index is 1570. The van der Waals surface area contributed by atoms with Crippen molar-refractivity contribution < 1.29 is 41.4 Å². The van der Waals surface area contributed by atoms with Crippen molar-refractivity contribution in [3.8, 4) is 28.8 Å². The molecule has 0 bridgehead atoms. The van der Waals surface area contributed by atoms with E-state index in [1.165, 1.54) is 35.9 Å². The molecule has 0 spiro atoms. The van der Waals surface area contributed by atoms with Crippen LogP contribution in [0.2, 0.25) is 0 Å². The van der Waals surface area contributed by atoms with Gasteiger partial charge in [0.05, 0.1) is 27.9 Å². The average molecular weight is 503 g/mol. The minimum absolute atomic E-state index is 0.0379. The number of aryl methyl sites for hydroxylation is 1. The standard InChI is InChI=1S/C26H15F6NO3/c1-33-21-13-22(34)19(24(35)36)12-18(21)16(10-9-14-5-4-6-15(11-14)25(27,28)29)23(33)17-7-2-3-8-20(17)26(30,31)32/h2-8,11-13,34H,1H3,(H,35,36). The van der Waals surface area contributed by atoms with Gasteiger partial charge in [0.25, 0.3) is 0 Å². The Hall–Kier alpha value is -4.39. The quantitative estimate of drug-likeness (QED) is 0.237. The molecule has 4 rings (SSSR count). The number of carboxylic acids is 1. The maximum atomic E-state index is 13.8. The molecular formula is C26H15F6NO3. The van der Waals surface area contributed by atoms with Gasteiger partial charge in [-0.05, 0) is 30.3 Å². The lowest BCUT2D eigenvalue weighted by atomic mass is 9.99. The number of hydrogen-bond acceptors (Lipinski definition) is 2.